The van der Waals surface area contributed by atoms with Crippen molar-refractivity contribution < 1.29 is 9.53 Å². The number of halogens is 1. The SMILES string of the molecule is CCC[C@H]1CC[C@H]([C@H]2CC[C@H](C(=O)Oc3ccc(Cl)nc3)CC2)CC1. The third-order valence-corrected chi connectivity index (χ3v) is 6.50. The molecular weight excluding hydrogens is 334 g/mol. The Kier molecular flexibility index (Phi) is 6.75. The fraction of sp³-hybridized carbons (Fsp3) is 0.714. The Labute approximate surface area is 156 Å². The highest BCUT2D eigenvalue weighted by molar-refractivity contribution is 6.29. The summed E-state index contributed by atoms with van der Waals surface area (Å²) in [5.74, 6) is 3.12. The van der Waals surface area contributed by atoms with Gasteiger partial charge in [-0.05, 0) is 68.4 Å². The fourth-order valence-electron chi connectivity index (χ4n) is 4.80. The Balaban J connectivity index is 1.42. The molecule has 2 aliphatic carbocycles. The zero-order valence-corrected chi connectivity index (χ0v) is 16.0. The van der Waals surface area contributed by atoms with E-state index >= 15 is 0 Å². The molecule has 0 saturated heterocycles. The van der Waals surface area contributed by atoms with Crippen molar-refractivity contribution in [3.05, 3.63) is 23.5 Å². The van der Waals surface area contributed by atoms with Crippen LogP contribution in [0.4, 0.5) is 0 Å². The summed E-state index contributed by atoms with van der Waals surface area (Å²) in [7, 11) is 0. The fourth-order valence-corrected chi connectivity index (χ4v) is 4.92. The van der Waals surface area contributed by atoms with E-state index in [1.165, 1.54) is 57.6 Å². The Morgan fingerprint density at radius 1 is 1.08 bits per heavy atom. The van der Waals surface area contributed by atoms with Crippen molar-refractivity contribution in [3.63, 3.8) is 0 Å². The molecule has 0 radical (unpaired) electrons. The summed E-state index contributed by atoms with van der Waals surface area (Å²) in [5, 5.41) is 0.411. The molecule has 2 saturated carbocycles. The minimum atomic E-state index is -0.103. The first-order chi connectivity index (χ1) is 12.2. The Hall–Kier alpha value is -1.09. The van der Waals surface area contributed by atoms with Crippen LogP contribution in [0.5, 0.6) is 5.75 Å². The molecule has 0 amide bonds. The van der Waals surface area contributed by atoms with Crippen molar-refractivity contribution >= 4 is 17.6 Å². The van der Waals surface area contributed by atoms with Crippen LogP contribution in [0, 0.1) is 23.7 Å². The normalized spacial score (nSPS) is 30.0. The van der Waals surface area contributed by atoms with Gasteiger partial charge in [-0.3, -0.25) is 4.79 Å². The van der Waals surface area contributed by atoms with Gasteiger partial charge in [0.05, 0.1) is 12.1 Å². The molecule has 0 unspecified atom stereocenters. The van der Waals surface area contributed by atoms with Crippen molar-refractivity contribution in [1.29, 1.82) is 0 Å². The van der Waals surface area contributed by atoms with Crippen molar-refractivity contribution in [2.75, 3.05) is 0 Å². The van der Waals surface area contributed by atoms with Crippen molar-refractivity contribution in [1.82, 2.24) is 4.98 Å². The van der Waals surface area contributed by atoms with Crippen LogP contribution in [0.1, 0.15) is 71.1 Å². The zero-order valence-electron chi connectivity index (χ0n) is 15.3. The molecule has 0 aromatic carbocycles. The van der Waals surface area contributed by atoms with Crippen molar-refractivity contribution in [2.24, 2.45) is 23.7 Å². The number of hydrogen-bond acceptors (Lipinski definition) is 3. The predicted molar refractivity (Wildman–Crippen MR) is 101 cm³/mol. The molecule has 0 spiro atoms. The highest BCUT2D eigenvalue weighted by atomic mass is 35.5. The van der Waals surface area contributed by atoms with Gasteiger partial charge in [0.15, 0.2) is 0 Å². The quantitative estimate of drug-likeness (QED) is 0.472. The van der Waals surface area contributed by atoms with Gasteiger partial charge in [-0.2, -0.15) is 0 Å². The molecule has 2 fully saturated rings. The smallest absolute Gasteiger partial charge is 0.314 e. The van der Waals surface area contributed by atoms with Gasteiger partial charge in [-0.25, -0.2) is 4.98 Å². The minimum absolute atomic E-state index is 0.0448. The molecule has 3 nitrogen and oxygen atoms in total. The van der Waals surface area contributed by atoms with Crippen LogP contribution in [0.25, 0.3) is 0 Å². The molecule has 2 aliphatic rings. The number of pyridine rings is 1. The van der Waals surface area contributed by atoms with Gasteiger partial charge in [0.1, 0.15) is 10.9 Å². The molecule has 4 heteroatoms. The largest absolute Gasteiger partial charge is 0.425 e. The van der Waals surface area contributed by atoms with E-state index in [2.05, 4.69) is 11.9 Å². The average molecular weight is 364 g/mol. The first-order valence-corrected chi connectivity index (χ1v) is 10.4. The summed E-state index contributed by atoms with van der Waals surface area (Å²) < 4.78 is 5.47. The van der Waals surface area contributed by atoms with E-state index in [0.29, 0.717) is 10.9 Å². The summed E-state index contributed by atoms with van der Waals surface area (Å²) >= 11 is 5.76. The van der Waals surface area contributed by atoms with E-state index in [1.807, 2.05) is 0 Å². The first kappa shape index (κ1) is 18.7. The summed E-state index contributed by atoms with van der Waals surface area (Å²) in [4.78, 5) is 16.3. The molecule has 0 atom stereocenters. The Morgan fingerprint density at radius 3 is 2.28 bits per heavy atom. The minimum Gasteiger partial charge on any atom is -0.425 e. The summed E-state index contributed by atoms with van der Waals surface area (Å²) in [6.07, 6.45) is 14.2. The van der Waals surface area contributed by atoms with E-state index in [9.17, 15) is 4.79 Å². The maximum absolute atomic E-state index is 12.4. The number of carbonyl (C=O) groups is 1. The van der Waals surface area contributed by atoms with Crippen LogP contribution >= 0.6 is 11.6 Å². The Morgan fingerprint density at radius 2 is 1.72 bits per heavy atom. The van der Waals surface area contributed by atoms with Crippen LogP contribution in [0.2, 0.25) is 5.15 Å². The van der Waals surface area contributed by atoms with Crippen LogP contribution in [0.15, 0.2) is 18.3 Å². The second-order valence-electron chi connectivity index (χ2n) is 7.92. The highest BCUT2D eigenvalue weighted by Crippen LogP contribution is 2.42. The van der Waals surface area contributed by atoms with Crippen molar-refractivity contribution in [2.45, 2.75) is 71.1 Å². The molecule has 1 aromatic heterocycles. The van der Waals surface area contributed by atoms with E-state index in [1.54, 1.807) is 12.1 Å². The molecular formula is C21H30ClNO2. The van der Waals surface area contributed by atoms with Crippen molar-refractivity contribution in [3.8, 4) is 5.75 Å². The maximum Gasteiger partial charge on any atom is 0.314 e. The number of nitrogens with zero attached hydrogens (tertiary/aromatic N) is 1. The molecule has 1 aromatic rings. The standard InChI is InChI=1S/C21H30ClNO2/c1-2-3-15-4-6-16(7-5-15)17-8-10-18(11-9-17)21(24)25-19-12-13-20(22)23-14-19/h12-18H,2-11H2,1H3/t15-,16-,17-,18-. The van der Waals surface area contributed by atoms with Gasteiger partial charge in [-0.1, -0.05) is 44.2 Å². The summed E-state index contributed by atoms with van der Waals surface area (Å²) in [6, 6.07) is 3.35. The number of ether oxygens (including phenoxy) is 1. The molecule has 0 N–H and O–H groups in total. The predicted octanol–water partition coefficient (Wildman–Crippen LogP) is 6.05. The number of aromatic nitrogens is 1. The lowest BCUT2D eigenvalue weighted by Gasteiger charge is -2.37. The number of rotatable bonds is 5. The molecule has 3 rings (SSSR count). The first-order valence-electron chi connectivity index (χ1n) is 9.99. The maximum atomic E-state index is 12.4. The molecule has 138 valence electrons. The van der Waals surface area contributed by atoms with Gasteiger partial charge in [-0.15, -0.1) is 0 Å². The van der Waals surface area contributed by atoms with Crippen LogP contribution in [0.3, 0.4) is 0 Å². The molecule has 1 heterocycles. The van der Waals surface area contributed by atoms with Gasteiger partial charge >= 0.3 is 5.97 Å². The van der Waals surface area contributed by atoms with Gasteiger partial charge in [0, 0.05) is 0 Å². The van der Waals surface area contributed by atoms with Gasteiger partial charge < -0.3 is 4.74 Å². The second-order valence-corrected chi connectivity index (χ2v) is 8.31. The average Bonchev–Trinajstić information content (AvgIpc) is 2.65. The zero-order chi connectivity index (χ0) is 17.6. The second kappa shape index (κ2) is 9.02. The molecule has 25 heavy (non-hydrogen) atoms. The lowest BCUT2D eigenvalue weighted by atomic mass is 9.69. The number of carbonyl (C=O) groups excluding carboxylic acids is 1. The van der Waals surface area contributed by atoms with Crippen LogP contribution < -0.4 is 4.74 Å². The molecule has 0 aliphatic heterocycles. The van der Waals surface area contributed by atoms with Crippen LogP contribution in [-0.2, 0) is 4.79 Å². The highest BCUT2D eigenvalue weighted by Gasteiger charge is 2.33. The van der Waals surface area contributed by atoms with E-state index < -0.39 is 0 Å². The number of esters is 1. The summed E-state index contributed by atoms with van der Waals surface area (Å²) in [6.45, 7) is 2.30. The van der Waals surface area contributed by atoms with E-state index in [0.717, 1.165) is 30.6 Å². The lowest BCUT2D eigenvalue weighted by molar-refractivity contribution is -0.140. The van der Waals surface area contributed by atoms with E-state index in [-0.39, 0.29) is 11.9 Å². The Bertz CT molecular complexity index is 544. The topological polar surface area (TPSA) is 39.2 Å². The lowest BCUT2D eigenvalue weighted by Crippen LogP contribution is -2.30. The van der Waals surface area contributed by atoms with Gasteiger partial charge in [0.2, 0.25) is 0 Å². The monoisotopic (exact) mass is 363 g/mol. The van der Waals surface area contributed by atoms with Crippen LogP contribution in [-0.4, -0.2) is 11.0 Å². The number of hydrogen-bond donors (Lipinski definition) is 0. The van der Waals surface area contributed by atoms with E-state index in [4.69, 9.17) is 16.3 Å². The third-order valence-electron chi connectivity index (χ3n) is 6.28. The third kappa shape index (κ3) is 5.20. The summed E-state index contributed by atoms with van der Waals surface area (Å²) in [5.41, 5.74) is 0. The molecule has 0 bridgehead atoms. The van der Waals surface area contributed by atoms with Gasteiger partial charge in [0.25, 0.3) is 0 Å².